The Morgan fingerprint density at radius 2 is 1.70 bits per heavy atom. The molecule has 10 heteroatoms. The smallest absolute Gasteiger partial charge is 0.335 e. The SMILES string of the molecule is CCOc1ccc(N2C(=O)NC(=O)/C(=C/c3cc(I)c(OCc4ccc(Br)cc4)c(OC)c3)C2=O)cc1. The molecule has 1 aliphatic rings. The van der Waals surface area contributed by atoms with Crippen molar-refractivity contribution in [3.8, 4) is 17.2 Å². The molecule has 1 N–H and O–H groups in total. The third-order valence-electron chi connectivity index (χ3n) is 5.37. The molecule has 0 saturated carbocycles. The number of rotatable bonds is 8. The molecule has 0 bridgehead atoms. The first-order valence-corrected chi connectivity index (χ1v) is 13.1. The van der Waals surface area contributed by atoms with Gasteiger partial charge in [-0.15, -0.1) is 0 Å². The van der Waals surface area contributed by atoms with E-state index in [9.17, 15) is 14.4 Å². The average Bonchev–Trinajstić information content (AvgIpc) is 2.87. The van der Waals surface area contributed by atoms with Crippen molar-refractivity contribution < 1.29 is 28.6 Å². The number of hydrogen-bond donors (Lipinski definition) is 1. The molecule has 0 atom stereocenters. The number of nitrogens with one attached hydrogen (secondary N) is 1. The molecule has 0 unspecified atom stereocenters. The maximum Gasteiger partial charge on any atom is 0.335 e. The van der Waals surface area contributed by atoms with Crippen LogP contribution in [-0.4, -0.2) is 31.6 Å². The highest BCUT2D eigenvalue weighted by Gasteiger charge is 2.37. The molecular weight excluding hydrogens is 655 g/mol. The van der Waals surface area contributed by atoms with Crippen molar-refractivity contribution in [1.29, 1.82) is 0 Å². The molecule has 4 amide bonds. The number of halogens is 2. The van der Waals surface area contributed by atoms with Gasteiger partial charge in [0.25, 0.3) is 11.8 Å². The number of hydrogen-bond acceptors (Lipinski definition) is 6. The van der Waals surface area contributed by atoms with Gasteiger partial charge in [0.2, 0.25) is 0 Å². The summed E-state index contributed by atoms with van der Waals surface area (Å²) in [6.07, 6.45) is 1.43. The number of carbonyl (C=O) groups is 3. The minimum Gasteiger partial charge on any atom is -0.494 e. The minimum atomic E-state index is -0.819. The molecule has 1 heterocycles. The molecule has 0 aromatic heterocycles. The number of anilines is 1. The fraction of sp³-hybridized carbons (Fsp3) is 0.148. The van der Waals surface area contributed by atoms with Crippen molar-refractivity contribution in [3.63, 3.8) is 0 Å². The molecule has 0 spiro atoms. The fourth-order valence-electron chi connectivity index (χ4n) is 3.62. The average molecular weight is 677 g/mol. The molecule has 8 nitrogen and oxygen atoms in total. The van der Waals surface area contributed by atoms with Crippen molar-refractivity contribution in [2.24, 2.45) is 0 Å². The van der Waals surface area contributed by atoms with Gasteiger partial charge in [0.1, 0.15) is 17.9 Å². The van der Waals surface area contributed by atoms with E-state index in [2.05, 4.69) is 43.8 Å². The van der Waals surface area contributed by atoms with Gasteiger partial charge in [-0.25, -0.2) is 9.69 Å². The quantitative estimate of drug-likeness (QED) is 0.187. The van der Waals surface area contributed by atoms with E-state index in [1.807, 2.05) is 31.2 Å². The fourth-order valence-corrected chi connectivity index (χ4v) is 4.66. The number of barbiturate groups is 1. The lowest BCUT2D eigenvalue weighted by molar-refractivity contribution is -0.122. The Labute approximate surface area is 235 Å². The van der Waals surface area contributed by atoms with Crippen LogP contribution in [0.25, 0.3) is 6.08 Å². The standard InChI is InChI=1S/C27H22BrIN2O6/c1-3-36-20-10-8-19(9-11-20)31-26(33)21(25(32)30-27(31)34)12-17-13-22(29)24(23(14-17)35-2)37-15-16-4-6-18(28)7-5-16/h4-14H,3,15H2,1-2H3,(H,30,32,34)/b21-12-. The van der Waals surface area contributed by atoms with Gasteiger partial charge in [0.05, 0.1) is 23.0 Å². The molecule has 3 aromatic carbocycles. The Balaban J connectivity index is 1.61. The lowest BCUT2D eigenvalue weighted by atomic mass is 10.1. The first-order valence-electron chi connectivity index (χ1n) is 11.2. The number of nitrogens with zero attached hydrogens (tertiary/aromatic N) is 1. The highest BCUT2D eigenvalue weighted by atomic mass is 127. The zero-order valence-electron chi connectivity index (χ0n) is 19.9. The molecule has 37 heavy (non-hydrogen) atoms. The molecular formula is C27H22BrIN2O6. The third-order valence-corrected chi connectivity index (χ3v) is 6.70. The van der Waals surface area contributed by atoms with Crippen LogP contribution in [0.5, 0.6) is 17.2 Å². The van der Waals surface area contributed by atoms with Crippen molar-refractivity contribution >= 4 is 68.1 Å². The molecule has 1 saturated heterocycles. The molecule has 3 aromatic rings. The zero-order valence-corrected chi connectivity index (χ0v) is 23.7. The van der Waals surface area contributed by atoms with Gasteiger partial charge < -0.3 is 14.2 Å². The number of benzene rings is 3. The van der Waals surface area contributed by atoms with Gasteiger partial charge in [-0.1, -0.05) is 28.1 Å². The summed E-state index contributed by atoms with van der Waals surface area (Å²) in [5.41, 5.74) is 1.65. The van der Waals surface area contributed by atoms with Crippen LogP contribution in [-0.2, 0) is 16.2 Å². The summed E-state index contributed by atoms with van der Waals surface area (Å²) in [5, 5.41) is 2.23. The van der Waals surface area contributed by atoms with E-state index in [-0.39, 0.29) is 5.57 Å². The Kier molecular flexibility index (Phi) is 8.49. The molecule has 190 valence electrons. The molecule has 1 fully saturated rings. The van der Waals surface area contributed by atoms with Crippen LogP contribution in [0.2, 0.25) is 0 Å². The van der Waals surface area contributed by atoms with E-state index in [4.69, 9.17) is 14.2 Å². The van der Waals surface area contributed by atoms with E-state index in [1.54, 1.807) is 36.4 Å². The monoisotopic (exact) mass is 676 g/mol. The number of carbonyl (C=O) groups excluding carboxylic acids is 3. The Morgan fingerprint density at radius 3 is 2.35 bits per heavy atom. The van der Waals surface area contributed by atoms with Gasteiger partial charge >= 0.3 is 6.03 Å². The van der Waals surface area contributed by atoms with Crippen LogP contribution >= 0.6 is 38.5 Å². The zero-order chi connectivity index (χ0) is 26.5. The summed E-state index contributed by atoms with van der Waals surface area (Å²) in [6, 6.07) is 16.9. The van der Waals surface area contributed by atoms with Crippen molar-refractivity contribution in [2.45, 2.75) is 13.5 Å². The van der Waals surface area contributed by atoms with Gasteiger partial charge in [-0.2, -0.15) is 0 Å². The van der Waals surface area contributed by atoms with Gasteiger partial charge in [-0.05, 0) is 95.2 Å². The van der Waals surface area contributed by atoms with Crippen molar-refractivity contribution in [1.82, 2.24) is 5.32 Å². The summed E-state index contributed by atoms with van der Waals surface area (Å²) < 4.78 is 18.7. The van der Waals surface area contributed by atoms with E-state index in [0.717, 1.165) is 18.5 Å². The number of ether oxygens (including phenoxy) is 3. The largest absolute Gasteiger partial charge is 0.494 e. The van der Waals surface area contributed by atoms with Gasteiger partial charge in [0.15, 0.2) is 11.5 Å². The summed E-state index contributed by atoms with van der Waals surface area (Å²) in [5.74, 6) is 0.0778. The van der Waals surface area contributed by atoms with Crippen molar-refractivity contribution in [2.75, 3.05) is 18.6 Å². The lowest BCUT2D eigenvalue weighted by Crippen LogP contribution is -2.54. The summed E-state index contributed by atoms with van der Waals surface area (Å²) in [4.78, 5) is 39.3. The molecule has 4 rings (SSSR count). The maximum atomic E-state index is 13.2. The molecule has 0 aliphatic carbocycles. The topological polar surface area (TPSA) is 94.2 Å². The third kappa shape index (κ3) is 6.13. The van der Waals surface area contributed by atoms with E-state index >= 15 is 0 Å². The number of urea groups is 1. The number of amides is 4. The lowest BCUT2D eigenvalue weighted by Gasteiger charge is -2.26. The van der Waals surface area contributed by atoms with Gasteiger partial charge in [-0.3, -0.25) is 14.9 Å². The Bertz CT molecular complexity index is 1370. The number of imide groups is 2. The predicted octanol–water partition coefficient (Wildman–Crippen LogP) is 5.71. The Morgan fingerprint density at radius 1 is 1.00 bits per heavy atom. The van der Waals surface area contributed by atoms with Crippen LogP contribution in [0.1, 0.15) is 18.1 Å². The van der Waals surface area contributed by atoms with Gasteiger partial charge in [0, 0.05) is 4.47 Å². The van der Waals surface area contributed by atoms with Crippen LogP contribution < -0.4 is 24.4 Å². The summed E-state index contributed by atoms with van der Waals surface area (Å²) in [6.45, 7) is 2.68. The second-order valence-electron chi connectivity index (χ2n) is 7.83. The van der Waals surface area contributed by atoms with E-state index in [0.29, 0.717) is 41.7 Å². The summed E-state index contributed by atoms with van der Waals surface area (Å²) in [7, 11) is 1.51. The van der Waals surface area contributed by atoms with Crippen LogP contribution in [0.4, 0.5) is 10.5 Å². The highest BCUT2D eigenvalue weighted by molar-refractivity contribution is 14.1. The second kappa shape index (κ2) is 11.8. The highest BCUT2D eigenvalue weighted by Crippen LogP contribution is 2.35. The van der Waals surface area contributed by atoms with Crippen molar-refractivity contribution in [3.05, 3.63) is 85.4 Å². The maximum absolute atomic E-state index is 13.2. The second-order valence-corrected chi connectivity index (χ2v) is 9.91. The first-order chi connectivity index (χ1) is 17.8. The van der Waals surface area contributed by atoms with Crippen LogP contribution in [0.15, 0.2) is 70.7 Å². The van der Waals surface area contributed by atoms with E-state index < -0.39 is 17.8 Å². The predicted molar refractivity (Wildman–Crippen MR) is 151 cm³/mol. The molecule has 1 aliphatic heterocycles. The Hall–Kier alpha value is -3.38. The first kappa shape index (κ1) is 26.7. The van der Waals surface area contributed by atoms with Crippen LogP contribution in [0.3, 0.4) is 0 Å². The molecule has 0 radical (unpaired) electrons. The summed E-state index contributed by atoms with van der Waals surface area (Å²) >= 11 is 5.53. The normalized spacial score (nSPS) is 14.5. The number of methoxy groups -OCH3 is 1. The van der Waals surface area contributed by atoms with Crippen LogP contribution in [0, 0.1) is 3.57 Å². The minimum absolute atomic E-state index is 0.185. The van der Waals surface area contributed by atoms with E-state index in [1.165, 1.54) is 13.2 Å².